The van der Waals surface area contributed by atoms with Crippen LogP contribution in [0.5, 0.6) is 0 Å². The fourth-order valence-electron chi connectivity index (χ4n) is 14.7. The molecular weight excluding hydrogens is 1350 g/mol. The minimum absolute atomic E-state index is 0.202. The van der Waals surface area contributed by atoms with Crippen molar-refractivity contribution in [2.24, 2.45) is 0 Å². The number of allylic oxidation sites excluding steroid dienone is 16. The van der Waals surface area contributed by atoms with Crippen molar-refractivity contribution in [2.45, 2.75) is 473 Å². The Balaban J connectivity index is 1.56. The van der Waals surface area contributed by atoms with Gasteiger partial charge in [0.25, 0.3) is 0 Å². The van der Waals surface area contributed by atoms with E-state index in [1.54, 1.807) is 0 Å². The fourth-order valence-corrected chi connectivity index (χ4v) is 14.7. The highest BCUT2D eigenvalue weighted by Crippen LogP contribution is 2.31. The molecule has 2 aliphatic rings. The van der Waals surface area contributed by atoms with Crippen molar-refractivity contribution in [1.82, 2.24) is 5.32 Å². The summed E-state index contributed by atoms with van der Waals surface area (Å²) in [5.74, 6) is -0.202. The molecule has 9 N–H and O–H groups in total. The van der Waals surface area contributed by atoms with E-state index in [1.165, 1.54) is 270 Å². The Bertz CT molecular complexity index is 2190. The first kappa shape index (κ1) is 101. The molecule has 12 atom stereocenters. The molecule has 0 bridgehead atoms. The topological polar surface area (TPSA) is 228 Å². The maximum absolute atomic E-state index is 13.5. The van der Waals surface area contributed by atoms with E-state index in [-0.39, 0.29) is 12.5 Å². The molecule has 0 aromatic carbocycles. The van der Waals surface area contributed by atoms with Crippen molar-refractivity contribution < 1.29 is 64.6 Å². The third-order valence-electron chi connectivity index (χ3n) is 21.8. The summed E-state index contributed by atoms with van der Waals surface area (Å²) in [6.07, 6.45) is 93.3. The van der Waals surface area contributed by atoms with Crippen LogP contribution in [0.3, 0.4) is 0 Å². The normalized spacial score (nSPS) is 21.6. The van der Waals surface area contributed by atoms with Gasteiger partial charge in [-0.15, -0.1) is 0 Å². The second-order valence-corrected chi connectivity index (χ2v) is 31.7. The second-order valence-electron chi connectivity index (χ2n) is 31.7. The zero-order valence-electron chi connectivity index (χ0n) is 69.3. The number of carbonyl (C=O) groups is 1. The number of rotatable bonds is 77. The SMILES string of the molecule is CC/C=C\C/C=C\C/C=C\C/C=C\C/C=C\C/C=C\C/C=C\C/C=C\CCCCCCCCCCCCCCCCCCC(=O)NC(COC1OC(CO)C(OC2OC(CO)C(O)C(O)C2O)C(O)C1O)C(O)CCCCCCCCCCCCCCCCCCCCCCCCCCCCCCCCCCC. The van der Waals surface area contributed by atoms with Gasteiger partial charge in [-0.05, 0) is 77.0 Å². The van der Waals surface area contributed by atoms with Gasteiger partial charge in [0.2, 0.25) is 5.91 Å². The van der Waals surface area contributed by atoms with Gasteiger partial charge in [0.05, 0.1) is 32.0 Å². The molecule has 628 valence electrons. The van der Waals surface area contributed by atoms with Gasteiger partial charge >= 0.3 is 0 Å². The Hall–Kier alpha value is -3.09. The Morgan fingerprint density at radius 1 is 0.343 bits per heavy atom. The van der Waals surface area contributed by atoms with Gasteiger partial charge in [0, 0.05) is 6.42 Å². The number of nitrogens with one attached hydrogen (secondary N) is 1. The van der Waals surface area contributed by atoms with Gasteiger partial charge in [-0.3, -0.25) is 4.79 Å². The van der Waals surface area contributed by atoms with Crippen molar-refractivity contribution in [1.29, 1.82) is 0 Å². The van der Waals surface area contributed by atoms with E-state index in [9.17, 15) is 45.6 Å². The number of amides is 1. The predicted molar refractivity (Wildman–Crippen MR) is 452 cm³/mol. The maximum Gasteiger partial charge on any atom is 0.220 e. The van der Waals surface area contributed by atoms with Crippen LogP contribution < -0.4 is 5.32 Å². The van der Waals surface area contributed by atoms with Crippen molar-refractivity contribution in [3.8, 4) is 0 Å². The first-order chi connectivity index (χ1) is 53.1. The Kier molecular flexibility index (Phi) is 71.6. The summed E-state index contributed by atoms with van der Waals surface area (Å²) in [5, 5.41) is 88.1. The van der Waals surface area contributed by atoms with Crippen molar-refractivity contribution in [3.05, 3.63) is 97.2 Å². The van der Waals surface area contributed by atoms with E-state index in [4.69, 9.17) is 18.9 Å². The number of aliphatic hydroxyl groups is 8. The summed E-state index contributed by atoms with van der Waals surface area (Å²) in [7, 11) is 0. The maximum atomic E-state index is 13.5. The first-order valence-electron chi connectivity index (χ1n) is 45.5. The Labute approximate surface area is 662 Å². The molecule has 0 aromatic heterocycles. The van der Waals surface area contributed by atoms with E-state index >= 15 is 0 Å². The lowest BCUT2D eigenvalue weighted by molar-refractivity contribution is -0.359. The highest BCUT2D eigenvalue weighted by atomic mass is 16.7. The van der Waals surface area contributed by atoms with Crippen molar-refractivity contribution >= 4 is 5.91 Å². The molecule has 1 amide bonds. The lowest BCUT2D eigenvalue weighted by atomic mass is 9.97. The quantitative estimate of drug-likeness (QED) is 0.0204. The largest absolute Gasteiger partial charge is 0.394 e. The standard InChI is InChI=1S/C94H169NO13/c1-3-5-7-9-11-13-15-17-19-21-23-25-27-29-31-33-35-37-38-39-40-41-42-43-44-46-48-50-52-54-56-58-60-62-64-66-68-70-72-74-76-78-86(99)95-82(81-105-93-91(104)89(102)92(85(80-97)107-93)108-94-90(103)88(101)87(100)84(79-96)106-94)83(98)77-75-73-71-69-67-65-63-61-59-57-55-53-51-49-47-45-36-34-32-30-28-26-24-22-20-18-16-14-12-10-8-6-4-2/h5,7,11,13,17,19,23,25,29,31,35,37,39-40,42-43,82-85,87-94,96-98,100-104H,3-4,6,8-10,12,14-16,18,20-22,24,26-28,30,32-34,36,38,41,44-81H2,1-2H3,(H,95,99)/b7-5-,13-11-,19-17-,25-23-,31-29-,37-35-,40-39-,43-42-. The average Bonchev–Trinajstić information content (AvgIpc) is 0.789. The smallest absolute Gasteiger partial charge is 0.220 e. The molecule has 2 aliphatic heterocycles. The summed E-state index contributed by atoms with van der Waals surface area (Å²) in [6, 6.07) is -0.835. The van der Waals surface area contributed by atoms with Crippen LogP contribution in [0.15, 0.2) is 97.2 Å². The zero-order valence-corrected chi connectivity index (χ0v) is 69.3. The third kappa shape index (κ3) is 57.9. The summed E-state index contributed by atoms with van der Waals surface area (Å²) < 4.78 is 23.0. The molecule has 2 heterocycles. The molecule has 0 radical (unpaired) electrons. The van der Waals surface area contributed by atoms with Crippen LogP contribution in [0.4, 0.5) is 0 Å². The number of carbonyl (C=O) groups excluding carboxylic acids is 1. The van der Waals surface area contributed by atoms with Gasteiger partial charge in [-0.25, -0.2) is 0 Å². The van der Waals surface area contributed by atoms with Crippen LogP contribution in [0, 0.1) is 0 Å². The van der Waals surface area contributed by atoms with E-state index in [1.807, 2.05) is 0 Å². The third-order valence-corrected chi connectivity index (χ3v) is 21.8. The molecule has 2 fully saturated rings. The Morgan fingerprint density at radius 3 is 0.981 bits per heavy atom. The molecule has 14 nitrogen and oxygen atoms in total. The summed E-state index contributed by atoms with van der Waals surface area (Å²) in [4.78, 5) is 13.5. The molecule has 0 aliphatic carbocycles. The molecule has 14 heteroatoms. The minimum atomic E-state index is -1.79. The zero-order chi connectivity index (χ0) is 77.9. The molecule has 0 spiro atoms. The molecule has 0 aromatic rings. The fraction of sp³-hybridized carbons (Fsp3) is 0.819. The second kappa shape index (κ2) is 76.5. The van der Waals surface area contributed by atoms with Crippen LogP contribution in [-0.2, 0) is 23.7 Å². The molecule has 2 saturated heterocycles. The van der Waals surface area contributed by atoms with Crippen LogP contribution in [-0.4, -0.2) is 140 Å². The highest BCUT2D eigenvalue weighted by molar-refractivity contribution is 5.76. The highest BCUT2D eigenvalue weighted by Gasteiger charge is 2.51. The van der Waals surface area contributed by atoms with E-state index < -0.39 is 86.8 Å². The van der Waals surface area contributed by atoms with E-state index in [0.29, 0.717) is 12.8 Å². The van der Waals surface area contributed by atoms with Crippen LogP contribution >= 0.6 is 0 Å². The van der Waals surface area contributed by atoms with Crippen molar-refractivity contribution in [2.75, 3.05) is 19.8 Å². The number of unbranched alkanes of at least 4 members (excludes halogenated alkanes) is 48. The first-order valence-corrected chi connectivity index (χ1v) is 45.5. The number of ether oxygens (including phenoxy) is 4. The number of hydrogen-bond acceptors (Lipinski definition) is 13. The van der Waals surface area contributed by atoms with Crippen molar-refractivity contribution in [3.63, 3.8) is 0 Å². The van der Waals surface area contributed by atoms with Crippen LogP contribution in [0.1, 0.15) is 399 Å². The van der Waals surface area contributed by atoms with Gasteiger partial charge in [0.15, 0.2) is 12.6 Å². The van der Waals surface area contributed by atoms with Gasteiger partial charge < -0.3 is 65.1 Å². The van der Waals surface area contributed by atoms with Gasteiger partial charge in [0.1, 0.15) is 48.8 Å². The Morgan fingerprint density at radius 2 is 0.639 bits per heavy atom. The average molecular weight is 1520 g/mol. The predicted octanol–water partition coefficient (Wildman–Crippen LogP) is 22.4. The van der Waals surface area contributed by atoms with Crippen LogP contribution in [0.2, 0.25) is 0 Å². The number of aliphatic hydroxyl groups excluding tert-OH is 8. The van der Waals surface area contributed by atoms with Crippen LogP contribution in [0.25, 0.3) is 0 Å². The molecule has 12 unspecified atom stereocenters. The molecule has 2 rings (SSSR count). The summed E-state index contributed by atoms with van der Waals surface area (Å²) in [5.41, 5.74) is 0. The molecular formula is C94H169NO13. The molecule has 108 heavy (non-hydrogen) atoms. The van der Waals surface area contributed by atoms with E-state index in [0.717, 1.165) is 103 Å². The summed E-state index contributed by atoms with van der Waals surface area (Å²) in [6.45, 7) is 2.81. The van der Waals surface area contributed by atoms with Gasteiger partial charge in [-0.1, -0.05) is 413 Å². The monoisotopic (exact) mass is 1520 g/mol. The van der Waals surface area contributed by atoms with E-state index in [2.05, 4.69) is 116 Å². The summed E-state index contributed by atoms with van der Waals surface area (Å²) >= 11 is 0. The van der Waals surface area contributed by atoms with Gasteiger partial charge in [-0.2, -0.15) is 0 Å². The lowest BCUT2D eigenvalue weighted by Crippen LogP contribution is -2.65. The minimum Gasteiger partial charge on any atom is -0.394 e. The lowest BCUT2D eigenvalue weighted by Gasteiger charge is -2.46. The molecule has 0 saturated carbocycles. The number of hydrogen-bond donors (Lipinski definition) is 9.